The second-order valence-corrected chi connectivity index (χ2v) is 24.1. The van der Waals surface area contributed by atoms with Crippen LogP contribution in [0.3, 0.4) is 0 Å². The third-order valence-corrected chi connectivity index (χ3v) is 18.4. The minimum absolute atomic E-state index is 0.239. The van der Waals surface area contributed by atoms with Crippen molar-refractivity contribution >= 4 is 147 Å². The van der Waals surface area contributed by atoms with Crippen LogP contribution in [0.1, 0.15) is 10.4 Å². The monoisotopic (exact) mass is 1270 g/mol. The summed E-state index contributed by atoms with van der Waals surface area (Å²) in [5.74, 6) is 2.53. The van der Waals surface area contributed by atoms with Crippen molar-refractivity contribution in [1.82, 2.24) is 59.8 Å². The van der Waals surface area contributed by atoms with Crippen molar-refractivity contribution in [1.29, 1.82) is 0 Å². The van der Waals surface area contributed by atoms with Gasteiger partial charge in [0.25, 0.3) is 0 Å². The Balaban J connectivity index is 0.0000000949. The summed E-state index contributed by atoms with van der Waals surface area (Å²) in [6, 6.07) is 84.4. The first-order chi connectivity index (χ1) is 48.3. The molecule has 0 aliphatic carbocycles. The Hall–Kier alpha value is -13.8. The van der Waals surface area contributed by atoms with Crippen molar-refractivity contribution in [3.05, 3.63) is 285 Å². The van der Waals surface area contributed by atoms with E-state index in [9.17, 15) is 9.90 Å². The maximum atomic E-state index is 11.1. The van der Waals surface area contributed by atoms with Gasteiger partial charge in [0.15, 0.2) is 5.82 Å². The predicted molar refractivity (Wildman–Crippen MR) is 397 cm³/mol. The zero-order chi connectivity index (χ0) is 65.4. The lowest BCUT2D eigenvalue weighted by atomic mass is 10.0. The average molecular weight is 1270 g/mol. The van der Waals surface area contributed by atoms with Gasteiger partial charge in [-0.05, 0) is 99.0 Å². The van der Waals surface area contributed by atoms with Crippen molar-refractivity contribution in [2.24, 2.45) is 0 Å². The number of pyridine rings is 2. The number of aromatic hydroxyl groups is 1. The highest BCUT2D eigenvalue weighted by molar-refractivity contribution is 6.26. The first kappa shape index (κ1) is 56.9. The molecule has 8 N–H and O–H groups in total. The lowest BCUT2D eigenvalue weighted by Crippen LogP contribution is -1.95. The minimum Gasteiger partial charge on any atom is -0.508 e. The average Bonchev–Trinajstić information content (AvgIpc) is 1.44. The third-order valence-electron chi connectivity index (χ3n) is 18.4. The number of para-hydroxylation sites is 1. The molecule has 0 spiro atoms. The fraction of sp³-hybridized carbons (Fsp3) is 0. The van der Waals surface area contributed by atoms with Crippen LogP contribution in [0.25, 0.3) is 187 Å². The molecule has 0 aliphatic heterocycles. The van der Waals surface area contributed by atoms with Crippen molar-refractivity contribution in [3.8, 4) is 51.4 Å². The second kappa shape index (κ2) is 23.3. The highest BCUT2D eigenvalue weighted by Gasteiger charge is 2.20. The van der Waals surface area contributed by atoms with E-state index in [-0.39, 0.29) is 11.3 Å². The first-order valence-corrected chi connectivity index (χ1v) is 32.1. The molecule has 0 bridgehead atoms. The molecule has 21 rings (SSSR count). The Bertz CT molecular complexity index is 6410. The number of H-pyrrole nitrogens is 6. The number of hydrogen-bond acceptors (Lipinski definition) is 8. The number of imidazole rings is 4. The molecule has 0 unspecified atom stereocenters. The number of fused-ring (bicyclic) bond motifs is 25. The summed E-state index contributed by atoms with van der Waals surface area (Å²) in [5, 5.41) is 36.2. The Morgan fingerprint density at radius 3 is 1.24 bits per heavy atom. The molecule has 8 heterocycles. The highest BCUT2D eigenvalue weighted by Crippen LogP contribution is 2.40. The zero-order valence-corrected chi connectivity index (χ0v) is 52.0. The second-order valence-electron chi connectivity index (χ2n) is 24.1. The van der Waals surface area contributed by atoms with Crippen molar-refractivity contribution in [2.75, 3.05) is 0 Å². The van der Waals surface area contributed by atoms with Gasteiger partial charge in [-0.1, -0.05) is 188 Å². The number of phenolic OH excluding ortho intramolecular Hbond substituents is 1. The molecule has 464 valence electrons. The van der Waals surface area contributed by atoms with E-state index in [1.807, 2.05) is 97.3 Å². The summed E-state index contributed by atoms with van der Waals surface area (Å²) in [6.45, 7) is 0. The number of rotatable bonds is 5. The predicted octanol–water partition coefficient (Wildman–Crippen LogP) is 20.1. The van der Waals surface area contributed by atoms with Crippen LogP contribution in [0, 0.1) is 0 Å². The van der Waals surface area contributed by atoms with E-state index in [0.29, 0.717) is 0 Å². The van der Waals surface area contributed by atoms with E-state index in [1.165, 1.54) is 43.1 Å². The molecule has 0 aliphatic rings. The minimum atomic E-state index is -0.932. The molecule has 15 heteroatoms. The molecule has 0 amide bonds. The van der Waals surface area contributed by atoms with Crippen LogP contribution in [-0.2, 0) is 0 Å². The van der Waals surface area contributed by atoms with Crippen LogP contribution in [0.4, 0.5) is 0 Å². The van der Waals surface area contributed by atoms with Crippen LogP contribution in [0.15, 0.2) is 280 Å². The topological polar surface area (TPSA) is 230 Å². The Morgan fingerprint density at radius 1 is 0.316 bits per heavy atom. The maximum Gasteiger partial charge on any atom is 0.335 e. The van der Waals surface area contributed by atoms with Gasteiger partial charge in [0.1, 0.15) is 23.2 Å². The van der Waals surface area contributed by atoms with Gasteiger partial charge in [-0.3, -0.25) is 9.97 Å². The number of hydrogen-bond donors (Lipinski definition) is 8. The Morgan fingerprint density at radius 2 is 0.724 bits per heavy atom. The lowest BCUT2D eigenvalue weighted by molar-refractivity contribution is 0.0696. The molecule has 0 atom stereocenters. The van der Waals surface area contributed by atoms with E-state index >= 15 is 0 Å². The molecule has 13 aromatic carbocycles. The van der Waals surface area contributed by atoms with E-state index in [4.69, 9.17) is 25.0 Å². The summed E-state index contributed by atoms with van der Waals surface area (Å²) in [5.41, 5.74) is 14.9. The van der Waals surface area contributed by atoms with Crippen LogP contribution >= 0.6 is 0 Å². The van der Waals surface area contributed by atoms with Crippen LogP contribution in [0.2, 0.25) is 0 Å². The van der Waals surface area contributed by atoms with Crippen molar-refractivity contribution < 1.29 is 15.0 Å². The maximum absolute atomic E-state index is 11.1. The number of nitrogens with one attached hydrogen (secondary N) is 6. The van der Waals surface area contributed by atoms with Gasteiger partial charge in [-0.2, -0.15) is 0 Å². The van der Waals surface area contributed by atoms with E-state index in [1.54, 1.807) is 48.8 Å². The fourth-order valence-electron chi connectivity index (χ4n) is 13.9. The summed E-state index contributed by atoms with van der Waals surface area (Å²) in [7, 11) is 0. The molecule has 0 saturated carbocycles. The SMILES string of the molecule is O=C(O)c1ccc(-c2nc3c4ccccc4c4ccccc4c3[nH]2)cc1.Oc1cccc(-c2nc3c4ccccc4c4ccccc4c3[nH]2)c1.c1c[nH]c(-c2nc3c4ccccc4c4ccccc4c3[nH]2)c1.c1ccc2c(-c3nc4c5cccnc5c5ncccc5c4[nH]3)c[nH]c2c1. The van der Waals surface area contributed by atoms with Crippen molar-refractivity contribution in [3.63, 3.8) is 0 Å². The van der Waals surface area contributed by atoms with Crippen LogP contribution in [-0.4, -0.2) is 76.0 Å². The number of carboxylic acid groups (broad SMARTS) is 1. The number of carbonyl (C=O) groups is 1. The van der Waals surface area contributed by atoms with E-state index in [2.05, 4.69) is 173 Å². The fourth-order valence-corrected chi connectivity index (χ4v) is 13.9. The number of aromatic carboxylic acids is 1. The zero-order valence-electron chi connectivity index (χ0n) is 52.0. The van der Waals surface area contributed by atoms with Gasteiger partial charge in [-0.15, -0.1) is 0 Å². The Labute approximate surface area is 555 Å². The van der Waals surface area contributed by atoms with Gasteiger partial charge in [0.05, 0.1) is 66.4 Å². The molecule has 0 saturated heterocycles. The normalized spacial score (nSPS) is 11.6. The molecule has 0 fully saturated rings. The van der Waals surface area contributed by atoms with Crippen molar-refractivity contribution in [2.45, 2.75) is 0 Å². The molecular formula is C83H54N12O3. The number of carboxylic acids is 1. The summed E-state index contributed by atoms with van der Waals surface area (Å²) < 4.78 is 0. The van der Waals surface area contributed by atoms with Gasteiger partial charge < -0.3 is 40.1 Å². The number of phenols is 1. The third kappa shape index (κ3) is 9.64. The number of aromatic amines is 6. The molecule has 0 radical (unpaired) electrons. The lowest BCUT2D eigenvalue weighted by Gasteiger charge is -2.05. The van der Waals surface area contributed by atoms with Crippen LogP contribution in [0.5, 0.6) is 5.75 Å². The van der Waals surface area contributed by atoms with Gasteiger partial charge >= 0.3 is 5.97 Å². The van der Waals surface area contributed by atoms with E-state index < -0.39 is 5.97 Å². The first-order valence-electron chi connectivity index (χ1n) is 32.1. The van der Waals surface area contributed by atoms with Gasteiger partial charge in [0.2, 0.25) is 0 Å². The standard InChI is InChI=1S/C22H14N2O2.C21H13N5.C21H14N2O.C19H13N3/c25-22(26)14-11-9-13(10-12-14)21-23-19-17-7-3-1-5-15(17)16-6-2-4-8-18(16)20(19)24-21;1-2-8-16-12(5-1)15(11-24-16)21-25-19-13-6-3-9-22-17(13)18-14(20(19)26-21)7-4-10-23-18;24-14-7-5-6-13(12-14)21-22-19-17-10-3-1-8-15(17)16-9-2-4-11-18(16)20(19)23-21;1-3-8-14-12(6-1)13-7-2-4-9-15(13)18-17(14)21-19(22-18)16-10-5-11-20-16/h1-12H,(H,23,24)(H,25,26);1-11,24H,(H,25,26);1-12,24H,(H,22,23);1-11,20H,(H,21,22). The molecular weight excluding hydrogens is 1210 g/mol. The molecule has 15 nitrogen and oxygen atoms in total. The summed E-state index contributed by atoms with van der Waals surface area (Å²) in [6.07, 6.45) is 7.52. The summed E-state index contributed by atoms with van der Waals surface area (Å²) in [4.78, 5) is 60.1. The smallest absolute Gasteiger partial charge is 0.335 e. The quantitative estimate of drug-likeness (QED) is 0.0765. The summed E-state index contributed by atoms with van der Waals surface area (Å²) >= 11 is 0. The largest absolute Gasteiger partial charge is 0.508 e. The highest BCUT2D eigenvalue weighted by atomic mass is 16.4. The number of benzene rings is 13. The number of nitrogens with zero attached hydrogens (tertiary/aromatic N) is 6. The Kier molecular flexibility index (Phi) is 13.6. The van der Waals surface area contributed by atoms with Gasteiger partial charge in [0, 0.05) is 95.5 Å². The van der Waals surface area contributed by atoms with E-state index in [0.717, 1.165) is 144 Å². The molecule has 98 heavy (non-hydrogen) atoms. The molecule has 8 aromatic heterocycles. The van der Waals surface area contributed by atoms with Gasteiger partial charge in [-0.25, -0.2) is 24.7 Å². The van der Waals surface area contributed by atoms with Crippen LogP contribution < -0.4 is 0 Å². The molecule has 21 aromatic rings. The number of aromatic nitrogens is 12.